The Morgan fingerprint density at radius 3 is 2.74 bits per heavy atom. The number of nitrogens with two attached hydrogens (primary N) is 1. The van der Waals surface area contributed by atoms with Crippen molar-refractivity contribution in [1.82, 2.24) is 14.8 Å². The Balaban J connectivity index is 1.82. The van der Waals surface area contributed by atoms with Crippen molar-refractivity contribution in [1.29, 1.82) is 0 Å². The molecule has 0 aliphatic rings. The first kappa shape index (κ1) is 14.0. The van der Waals surface area contributed by atoms with Crippen LogP contribution in [0.2, 0.25) is 0 Å². The van der Waals surface area contributed by atoms with Gasteiger partial charge in [-0.05, 0) is 12.0 Å². The van der Waals surface area contributed by atoms with Crippen LogP contribution in [0, 0.1) is 0 Å². The maximum absolute atomic E-state index is 10.1. The predicted molar refractivity (Wildman–Crippen MR) is 75.9 cm³/mol. The summed E-state index contributed by atoms with van der Waals surface area (Å²) < 4.78 is 1.68. The van der Waals surface area contributed by atoms with Crippen molar-refractivity contribution in [2.24, 2.45) is 12.8 Å². The molecule has 6 heteroatoms. The second-order valence-electron chi connectivity index (χ2n) is 4.40. The van der Waals surface area contributed by atoms with Crippen LogP contribution in [0.5, 0.6) is 0 Å². The number of aromatic nitrogens is 3. The SMILES string of the molecule is Cn1ncnc1SCC(O)C(N)Cc1ccccc1. The smallest absolute Gasteiger partial charge is 0.185 e. The van der Waals surface area contributed by atoms with Gasteiger partial charge in [-0.3, -0.25) is 0 Å². The average molecular weight is 278 g/mol. The van der Waals surface area contributed by atoms with E-state index in [9.17, 15) is 5.11 Å². The third-order valence-electron chi connectivity index (χ3n) is 2.86. The van der Waals surface area contributed by atoms with Crippen LogP contribution in [0.3, 0.4) is 0 Å². The largest absolute Gasteiger partial charge is 0.391 e. The van der Waals surface area contributed by atoms with Gasteiger partial charge in [0.1, 0.15) is 6.33 Å². The first-order valence-corrected chi connectivity index (χ1v) is 7.09. The van der Waals surface area contributed by atoms with Crippen LogP contribution in [0.1, 0.15) is 5.56 Å². The van der Waals surface area contributed by atoms with Gasteiger partial charge in [0.15, 0.2) is 5.16 Å². The van der Waals surface area contributed by atoms with Crippen LogP contribution in [0.15, 0.2) is 41.8 Å². The summed E-state index contributed by atoms with van der Waals surface area (Å²) in [6, 6.07) is 9.68. The first-order valence-electron chi connectivity index (χ1n) is 6.11. The van der Waals surface area contributed by atoms with Crippen molar-refractivity contribution in [3.63, 3.8) is 0 Å². The number of hydrogen-bond acceptors (Lipinski definition) is 5. The molecule has 0 saturated carbocycles. The third kappa shape index (κ3) is 4.05. The van der Waals surface area contributed by atoms with Crippen LogP contribution in [0.25, 0.3) is 0 Å². The van der Waals surface area contributed by atoms with Crippen LogP contribution < -0.4 is 5.73 Å². The predicted octanol–water partition coefficient (Wildman–Crippen LogP) is 0.838. The lowest BCUT2D eigenvalue weighted by Crippen LogP contribution is -2.38. The molecule has 2 aromatic rings. The Bertz CT molecular complexity index is 502. The van der Waals surface area contributed by atoms with Crippen molar-refractivity contribution in [2.45, 2.75) is 23.7 Å². The highest BCUT2D eigenvalue weighted by Crippen LogP contribution is 2.16. The van der Waals surface area contributed by atoms with E-state index in [4.69, 9.17) is 5.73 Å². The number of aliphatic hydroxyl groups is 1. The molecule has 0 radical (unpaired) electrons. The monoisotopic (exact) mass is 278 g/mol. The Morgan fingerprint density at radius 2 is 2.11 bits per heavy atom. The Kier molecular flexibility index (Phi) is 4.95. The van der Waals surface area contributed by atoms with E-state index in [1.165, 1.54) is 18.1 Å². The highest BCUT2D eigenvalue weighted by Gasteiger charge is 2.16. The molecule has 2 rings (SSSR count). The summed E-state index contributed by atoms with van der Waals surface area (Å²) in [5.41, 5.74) is 7.16. The number of aliphatic hydroxyl groups excluding tert-OH is 1. The molecule has 102 valence electrons. The zero-order valence-electron chi connectivity index (χ0n) is 10.8. The number of benzene rings is 1. The zero-order chi connectivity index (χ0) is 13.7. The zero-order valence-corrected chi connectivity index (χ0v) is 11.6. The molecule has 2 atom stereocenters. The topological polar surface area (TPSA) is 77.0 Å². The van der Waals surface area contributed by atoms with E-state index in [0.717, 1.165) is 10.7 Å². The fraction of sp³-hybridized carbons (Fsp3) is 0.385. The standard InChI is InChI=1S/C13H18N4OS/c1-17-13(15-9-16-17)19-8-12(18)11(14)7-10-5-3-2-4-6-10/h2-6,9,11-12,18H,7-8,14H2,1H3. The molecule has 1 aromatic heterocycles. The second-order valence-corrected chi connectivity index (χ2v) is 5.39. The molecule has 0 aliphatic carbocycles. The number of hydrogen-bond donors (Lipinski definition) is 2. The molecule has 0 aliphatic heterocycles. The summed E-state index contributed by atoms with van der Waals surface area (Å²) in [6.45, 7) is 0. The molecule has 1 heterocycles. The van der Waals surface area contributed by atoms with E-state index in [1.54, 1.807) is 4.68 Å². The maximum atomic E-state index is 10.1. The van der Waals surface area contributed by atoms with Gasteiger partial charge >= 0.3 is 0 Å². The fourth-order valence-electron chi connectivity index (χ4n) is 1.72. The summed E-state index contributed by atoms with van der Waals surface area (Å²) in [7, 11) is 1.83. The van der Waals surface area contributed by atoms with Crippen molar-refractivity contribution >= 4 is 11.8 Å². The normalized spacial score (nSPS) is 14.3. The summed E-state index contributed by atoms with van der Waals surface area (Å²) in [4.78, 5) is 4.09. The van der Waals surface area contributed by atoms with Gasteiger partial charge in [-0.25, -0.2) is 9.67 Å². The summed E-state index contributed by atoms with van der Waals surface area (Å²) >= 11 is 1.46. The molecule has 19 heavy (non-hydrogen) atoms. The number of aryl methyl sites for hydroxylation is 1. The third-order valence-corrected chi connectivity index (χ3v) is 4.00. The highest BCUT2D eigenvalue weighted by molar-refractivity contribution is 7.99. The quantitative estimate of drug-likeness (QED) is 0.766. The van der Waals surface area contributed by atoms with Crippen LogP contribution >= 0.6 is 11.8 Å². The minimum atomic E-state index is -0.568. The van der Waals surface area contributed by atoms with Crippen molar-refractivity contribution in [3.05, 3.63) is 42.2 Å². The van der Waals surface area contributed by atoms with Gasteiger partial charge in [-0.2, -0.15) is 5.10 Å². The Morgan fingerprint density at radius 1 is 1.37 bits per heavy atom. The molecule has 1 aromatic carbocycles. The molecule has 0 spiro atoms. The number of nitrogens with zero attached hydrogens (tertiary/aromatic N) is 3. The van der Waals surface area contributed by atoms with Crippen molar-refractivity contribution in [3.8, 4) is 0 Å². The molecule has 5 nitrogen and oxygen atoms in total. The molecule has 2 unspecified atom stereocenters. The fourth-order valence-corrected chi connectivity index (χ4v) is 2.64. The second kappa shape index (κ2) is 6.70. The average Bonchev–Trinajstić information content (AvgIpc) is 2.82. The molecule has 0 amide bonds. The lowest BCUT2D eigenvalue weighted by Gasteiger charge is -2.18. The summed E-state index contributed by atoms with van der Waals surface area (Å²) in [6.07, 6.45) is 1.60. The van der Waals surface area contributed by atoms with Crippen LogP contribution in [-0.2, 0) is 13.5 Å². The van der Waals surface area contributed by atoms with Gasteiger partial charge in [0.25, 0.3) is 0 Å². The maximum Gasteiger partial charge on any atom is 0.185 e. The van der Waals surface area contributed by atoms with Gasteiger partial charge in [0.2, 0.25) is 0 Å². The summed E-state index contributed by atoms with van der Waals surface area (Å²) in [5.74, 6) is 0.514. The highest BCUT2D eigenvalue weighted by atomic mass is 32.2. The van der Waals surface area contributed by atoms with E-state index < -0.39 is 6.10 Å². The van der Waals surface area contributed by atoms with E-state index >= 15 is 0 Å². The summed E-state index contributed by atoms with van der Waals surface area (Å²) in [5, 5.41) is 14.8. The van der Waals surface area contributed by atoms with E-state index in [0.29, 0.717) is 12.2 Å². The van der Waals surface area contributed by atoms with Gasteiger partial charge in [-0.15, -0.1) is 0 Å². The van der Waals surface area contributed by atoms with Crippen molar-refractivity contribution < 1.29 is 5.11 Å². The van der Waals surface area contributed by atoms with E-state index in [1.807, 2.05) is 37.4 Å². The van der Waals surface area contributed by atoms with Crippen LogP contribution in [-0.4, -0.2) is 37.8 Å². The van der Waals surface area contributed by atoms with Crippen molar-refractivity contribution in [2.75, 3.05) is 5.75 Å². The minimum Gasteiger partial charge on any atom is -0.391 e. The molecule has 0 bridgehead atoms. The first-order chi connectivity index (χ1) is 9.16. The number of thioether (sulfide) groups is 1. The lowest BCUT2D eigenvalue weighted by molar-refractivity contribution is 0.167. The van der Waals surface area contributed by atoms with Gasteiger partial charge in [0.05, 0.1) is 6.10 Å². The van der Waals surface area contributed by atoms with E-state index in [2.05, 4.69) is 10.1 Å². The Hall–Kier alpha value is -1.37. The Labute approximate surface area is 116 Å². The van der Waals surface area contributed by atoms with Gasteiger partial charge in [0, 0.05) is 18.8 Å². The lowest BCUT2D eigenvalue weighted by atomic mass is 10.0. The molecular formula is C13H18N4OS. The minimum absolute atomic E-state index is 0.275. The van der Waals surface area contributed by atoms with E-state index in [-0.39, 0.29) is 6.04 Å². The molecule has 0 fully saturated rings. The van der Waals surface area contributed by atoms with Crippen LogP contribution in [0.4, 0.5) is 0 Å². The van der Waals surface area contributed by atoms with Gasteiger partial charge < -0.3 is 10.8 Å². The van der Waals surface area contributed by atoms with Gasteiger partial charge in [-0.1, -0.05) is 42.1 Å². The number of rotatable bonds is 6. The molecule has 0 saturated heterocycles. The molecule has 3 N–H and O–H groups in total. The molecular weight excluding hydrogens is 260 g/mol.